The molecule has 0 aliphatic carbocycles. The van der Waals surface area contributed by atoms with Crippen molar-refractivity contribution < 1.29 is 9.15 Å². The average molecular weight is 308 g/mol. The minimum Gasteiger partial charge on any atom is -0.486 e. The molecule has 0 N–H and O–H groups in total. The number of fused-ring (bicyclic) bond motifs is 1. The van der Waals surface area contributed by atoms with E-state index < -0.39 is 0 Å². The van der Waals surface area contributed by atoms with Crippen LogP contribution in [0.4, 0.5) is 0 Å². The van der Waals surface area contributed by atoms with E-state index in [4.69, 9.17) is 9.15 Å². The molecule has 0 saturated heterocycles. The Bertz CT molecular complexity index is 850. The first-order valence-electron chi connectivity index (χ1n) is 7.95. The maximum absolute atomic E-state index is 11.7. The maximum Gasteiger partial charge on any atom is 0.336 e. The summed E-state index contributed by atoms with van der Waals surface area (Å²) in [5.74, 6) is 0.700. The third-order valence-electron chi connectivity index (χ3n) is 3.90. The predicted molar refractivity (Wildman–Crippen MR) is 92.0 cm³/mol. The molecule has 0 aliphatic heterocycles. The Morgan fingerprint density at radius 2 is 1.87 bits per heavy atom. The van der Waals surface area contributed by atoms with Crippen molar-refractivity contribution in [1.29, 1.82) is 0 Å². The summed E-state index contributed by atoms with van der Waals surface area (Å²) in [6.07, 6.45) is 1.78. The zero-order valence-electron chi connectivity index (χ0n) is 13.4. The molecule has 3 heteroatoms. The van der Waals surface area contributed by atoms with Crippen LogP contribution in [0, 0.1) is 0 Å². The molecule has 1 atom stereocenters. The molecule has 0 spiro atoms. The normalized spacial score (nSPS) is 12.3. The average Bonchev–Trinajstić information content (AvgIpc) is 2.55. The maximum atomic E-state index is 11.7. The molecule has 0 radical (unpaired) electrons. The molecule has 2 aromatic carbocycles. The summed E-state index contributed by atoms with van der Waals surface area (Å²) in [4.78, 5) is 11.7. The summed E-state index contributed by atoms with van der Waals surface area (Å²) in [6, 6.07) is 17.3. The first-order valence-corrected chi connectivity index (χ1v) is 7.95. The first kappa shape index (κ1) is 15.3. The topological polar surface area (TPSA) is 39.4 Å². The van der Waals surface area contributed by atoms with Crippen LogP contribution in [0.5, 0.6) is 5.75 Å². The lowest BCUT2D eigenvalue weighted by atomic mass is 10.1. The summed E-state index contributed by atoms with van der Waals surface area (Å²) in [6.45, 7) is 4.10. The van der Waals surface area contributed by atoms with Gasteiger partial charge in [-0.3, -0.25) is 0 Å². The van der Waals surface area contributed by atoms with Gasteiger partial charge in [-0.25, -0.2) is 4.79 Å². The number of hydrogen-bond acceptors (Lipinski definition) is 3. The van der Waals surface area contributed by atoms with Crippen LogP contribution in [0.25, 0.3) is 11.0 Å². The fourth-order valence-corrected chi connectivity index (χ4v) is 2.76. The molecule has 1 heterocycles. The van der Waals surface area contributed by atoms with Crippen molar-refractivity contribution in [1.82, 2.24) is 0 Å². The highest BCUT2D eigenvalue weighted by Crippen LogP contribution is 2.27. The largest absolute Gasteiger partial charge is 0.486 e. The molecule has 3 aromatic rings. The molecule has 118 valence electrons. The number of rotatable bonds is 5. The molecular formula is C20H20O3. The Morgan fingerprint density at radius 1 is 1.09 bits per heavy atom. The highest BCUT2D eigenvalue weighted by molar-refractivity contribution is 5.81. The van der Waals surface area contributed by atoms with Gasteiger partial charge in [-0.05, 0) is 36.6 Å². The third-order valence-corrected chi connectivity index (χ3v) is 3.90. The molecule has 0 amide bonds. The van der Waals surface area contributed by atoms with Gasteiger partial charge in [0.05, 0.1) is 0 Å². The minimum absolute atomic E-state index is 0.0702. The van der Waals surface area contributed by atoms with Gasteiger partial charge in [0.25, 0.3) is 0 Å². The van der Waals surface area contributed by atoms with Crippen molar-refractivity contribution in [2.45, 2.75) is 32.8 Å². The number of benzene rings is 2. The molecule has 23 heavy (non-hydrogen) atoms. The second-order valence-corrected chi connectivity index (χ2v) is 5.67. The van der Waals surface area contributed by atoms with Crippen LogP contribution in [0.1, 0.15) is 37.5 Å². The zero-order chi connectivity index (χ0) is 16.2. The van der Waals surface area contributed by atoms with Crippen molar-refractivity contribution in [3.05, 3.63) is 76.1 Å². The second-order valence-electron chi connectivity index (χ2n) is 5.67. The van der Waals surface area contributed by atoms with E-state index in [0.29, 0.717) is 11.3 Å². The van der Waals surface area contributed by atoms with Gasteiger partial charge in [-0.1, -0.05) is 43.7 Å². The molecule has 3 rings (SSSR count). The van der Waals surface area contributed by atoms with Gasteiger partial charge >= 0.3 is 5.63 Å². The molecule has 0 saturated carbocycles. The molecule has 0 aliphatic rings. The molecule has 1 aromatic heterocycles. The monoisotopic (exact) mass is 308 g/mol. The van der Waals surface area contributed by atoms with E-state index in [1.54, 1.807) is 12.1 Å². The van der Waals surface area contributed by atoms with Gasteiger partial charge in [0, 0.05) is 17.5 Å². The van der Waals surface area contributed by atoms with Gasteiger partial charge < -0.3 is 9.15 Å². The van der Waals surface area contributed by atoms with Crippen molar-refractivity contribution in [3.8, 4) is 5.75 Å². The van der Waals surface area contributed by atoms with E-state index in [2.05, 4.69) is 6.92 Å². The Hall–Kier alpha value is -2.55. The SMILES string of the molecule is CCCc1cc(=O)oc2cc(O[C@@H](C)c3ccccc3)ccc12. The third kappa shape index (κ3) is 3.45. The van der Waals surface area contributed by atoms with Crippen LogP contribution in [-0.2, 0) is 6.42 Å². The summed E-state index contributed by atoms with van der Waals surface area (Å²) < 4.78 is 11.3. The fourth-order valence-electron chi connectivity index (χ4n) is 2.76. The van der Waals surface area contributed by atoms with E-state index >= 15 is 0 Å². The Morgan fingerprint density at radius 3 is 2.61 bits per heavy atom. The Kier molecular flexibility index (Phi) is 4.47. The van der Waals surface area contributed by atoms with Crippen molar-refractivity contribution >= 4 is 11.0 Å². The Labute approximate surface area is 135 Å². The summed E-state index contributed by atoms with van der Waals surface area (Å²) in [7, 11) is 0. The van der Waals surface area contributed by atoms with E-state index in [-0.39, 0.29) is 11.7 Å². The predicted octanol–water partition coefficient (Wildman–Crippen LogP) is 4.89. The second kappa shape index (κ2) is 6.69. The summed E-state index contributed by atoms with van der Waals surface area (Å²) >= 11 is 0. The van der Waals surface area contributed by atoms with E-state index in [0.717, 1.165) is 29.4 Å². The number of hydrogen-bond donors (Lipinski definition) is 0. The van der Waals surface area contributed by atoms with E-state index in [9.17, 15) is 4.79 Å². The molecule has 3 nitrogen and oxygen atoms in total. The Balaban J connectivity index is 1.92. The van der Waals surface area contributed by atoms with Crippen molar-refractivity contribution in [2.24, 2.45) is 0 Å². The molecule has 0 fully saturated rings. The van der Waals surface area contributed by atoms with Crippen molar-refractivity contribution in [2.75, 3.05) is 0 Å². The minimum atomic E-state index is -0.311. The lowest BCUT2D eigenvalue weighted by molar-refractivity contribution is 0.227. The van der Waals surface area contributed by atoms with Gasteiger partial charge in [0.15, 0.2) is 0 Å². The van der Waals surface area contributed by atoms with Crippen LogP contribution in [-0.4, -0.2) is 0 Å². The van der Waals surface area contributed by atoms with Gasteiger partial charge in [0.2, 0.25) is 0 Å². The van der Waals surface area contributed by atoms with Crippen LogP contribution < -0.4 is 10.4 Å². The first-order chi connectivity index (χ1) is 11.2. The molecule has 0 unspecified atom stereocenters. The van der Waals surface area contributed by atoms with Crippen LogP contribution in [0.15, 0.2) is 63.8 Å². The van der Waals surface area contributed by atoms with Gasteiger partial charge in [0.1, 0.15) is 17.4 Å². The van der Waals surface area contributed by atoms with Crippen molar-refractivity contribution in [3.63, 3.8) is 0 Å². The number of ether oxygens (including phenoxy) is 1. The van der Waals surface area contributed by atoms with Crippen LogP contribution in [0.2, 0.25) is 0 Å². The quantitative estimate of drug-likeness (QED) is 0.630. The zero-order valence-corrected chi connectivity index (χ0v) is 13.4. The van der Waals surface area contributed by atoms with Crippen LogP contribution in [0.3, 0.4) is 0 Å². The van der Waals surface area contributed by atoms with Gasteiger partial charge in [-0.2, -0.15) is 0 Å². The molecule has 0 bridgehead atoms. The lowest BCUT2D eigenvalue weighted by Gasteiger charge is -2.15. The van der Waals surface area contributed by atoms with Gasteiger partial charge in [-0.15, -0.1) is 0 Å². The summed E-state index contributed by atoms with van der Waals surface area (Å²) in [5.41, 5.74) is 2.41. The number of aryl methyl sites for hydroxylation is 1. The lowest BCUT2D eigenvalue weighted by Crippen LogP contribution is -2.04. The van der Waals surface area contributed by atoms with Crippen LogP contribution >= 0.6 is 0 Å². The fraction of sp³-hybridized carbons (Fsp3) is 0.250. The molecular weight excluding hydrogens is 288 g/mol. The standard InChI is InChI=1S/C20H20O3/c1-3-7-16-12-20(21)23-19-13-17(10-11-18(16)19)22-14(2)15-8-5-4-6-9-15/h4-6,8-14H,3,7H2,1-2H3/t14-/m0/s1. The van der Waals surface area contributed by atoms with E-state index in [1.165, 1.54) is 0 Å². The highest BCUT2D eigenvalue weighted by Gasteiger charge is 2.10. The van der Waals surface area contributed by atoms with E-state index in [1.807, 2.05) is 49.4 Å². The smallest absolute Gasteiger partial charge is 0.336 e. The summed E-state index contributed by atoms with van der Waals surface area (Å²) in [5, 5.41) is 0.978. The highest BCUT2D eigenvalue weighted by atomic mass is 16.5.